The maximum absolute atomic E-state index is 5.77. The number of hydrogen-bond acceptors (Lipinski definition) is 4. The third-order valence-corrected chi connectivity index (χ3v) is 2.55. The average molecular weight is 238 g/mol. The van der Waals surface area contributed by atoms with Crippen molar-refractivity contribution < 1.29 is 9.47 Å². The van der Waals surface area contributed by atoms with Crippen LogP contribution in [0.15, 0.2) is 24.3 Å². The van der Waals surface area contributed by atoms with Crippen LogP contribution >= 0.6 is 0 Å². The molecular formula is C13H22N2O2. The number of benzene rings is 1. The fourth-order valence-electron chi connectivity index (χ4n) is 1.61. The van der Waals surface area contributed by atoms with Gasteiger partial charge in [-0.3, -0.25) is 0 Å². The molecule has 0 radical (unpaired) electrons. The lowest BCUT2D eigenvalue weighted by Crippen LogP contribution is -2.27. The van der Waals surface area contributed by atoms with E-state index in [1.807, 2.05) is 18.2 Å². The van der Waals surface area contributed by atoms with Gasteiger partial charge in [-0.2, -0.15) is 0 Å². The summed E-state index contributed by atoms with van der Waals surface area (Å²) in [4.78, 5) is 2.24. The molecule has 0 aliphatic heterocycles. The summed E-state index contributed by atoms with van der Waals surface area (Å²) in [6.45, 7) is 5.92. The van der Waals surface area contributed by atoms with E-state index in [0.29, 0.717) is 19.8 Å². The van der Waals surface area contributed by atoms with Gasteiger partial charge in [0.15, 0.2) is 0 Å². The normalized spacial score (nSPS) is 10.5. The molecule has 1 aromatic carbocycles. The Kier molecular flexibility index (Phi) is 6.43. The number of hydrogen-bond donors (Lipinski definition) is 1. The Hall–Kier alpha value is -1.26. The minimum absolute atomic E-state index is 0.643. The van der Waals surface area contributed by atoms with Gasteiger partial charge < -0.3 is 20.1 Å². The monoisotopic (exact) mass is 238 g/mol. The number of rotatable bonds is 8. The number of nitrogen functional groups attached to an aromatic ring is 1. The zero-order valence-electron chi connectivity index (χ0n) is 10.7. The van der Waals surface area contributed by atoms with Crippen LogP contribution in [0.3, 0.4) is 0 Å². The van der Waals surface area contributed by atoms with Crippen molar-refractivity contribution in [2.24, 2.45) is 0 Å². The predicted octanol–water partition coefficient (Wildman–Crippen LogP) is 1.76. The topological polar surface area (TPSA) is 47.7 Å². The summed E-state index contributed by atoms with van der Waals surface area (Å²) < 4.78 is 10.4. The fraction of sp³-hybridized carbons (Fsp3) is 0.538. The van der Waals surface area contributed by atoms with Crippen LogP contribution in [0.2, 0.25) is 0 Å². The summed E-state index contributed by atoms with van der Waals surface area (Å²) in [6.07, 6.45) is 0. The Balaban J connectivity index is 2.38. The van der Waals surface area contributed by atoms with Crippen LogP contribution in [0.25, 0.3) is 0 Å². The highest BCUT2D eigenvalue weighted by Gasteiger charge is 2.03. The second-order valence-electron chi connectivity index (χ2n) is 3.78. The van der Waals surface area contributed by atoms with Crippen molar-refractivity contribution in [3.05, 3.63) is 24.3 Å². The van der Waals surface area contributed by atoms with Crippen LogP contribution in [0.1, 0.15) is 6.92 Å². The molecule has 0 saturated heterocycles. The molecule has 0 unspecified atom stereocenters. The van der Waals surface area contributed by atoms with Crippen LogP contribution in [0.5, 0.6) is 0 Å². The molecule has 17 heavy (non-hydrogen) atoms. The minimum atomic E-state index is 0.643. The Labute approximate surface area is 103 Å². The molecule has 0 aliphatic rings. The van der Waals surface area contributed by atoms with Crippen molar-refractivity contribution >= 4 is 11.4 Å². The molecule has 0 fully saturated rings. The van der Waals surface area contributed by atoms with E-state index in [1.165, 1.54) is 0 Å². The van der Waals surface area contributed by atoms with E-state index in [0.717, 1.165) is 24.5 Å². The lowest BCUT2D eigenvalue weighted by Gasteiger charge is -2.23. The van der Waals surface area contributed by atoms with Gasteiger partial charge in [-0.05, 0) is 25.1 Å². The lowest BCUT2D eigenvalue weighted by atomic mass is 10.2. The maximum Gasteiger partial charge on any atom is 0.0701 e. The average Bonchev–Trinajstić information content (AvgIpc) is 2.34. The summed E-state index contributed by atoms with van der Waals surface area (Å²) in [5, 5.41) is 0. The standard InChI is InChI=1S/C13H22N2O2/c1-3-15(7-8-17-10-9-16-2)13-6-4-5-12(14)11-13/h4-6,11H,3,7-10,14H2,1-2H3. The molecular weight excluding hydrogens is 216 g/mol. The van der Waals surface area contributed by atoms with E-state index in [2.05, 4.69) is 17.9 Å². The lowest BCUT2D eigenvalue weighted by molar-refractivity contribution is 0.0741. The Bertz CT molecular complexity index is 318. The zero-order chi connectivity index (χ0) is 12.5. The first-order chi connectivity index (χ1) is 8.27. The highest BCUT2D eigenvalue weighted by atomic mass is 16.5. The number of ether oxygens (including phenoxy) is 2. The number of nitrogens with zero attached hydrogens (tertiary/aromatic N) is 1. The van der Waals surface area contributed by atoms with Crippen molar-refractivity contribution in [1.29, 1.82) is 0 Å². The molecule has 0 amide bonds. The summed E-state index contributed by atoms with van der Waals surface area (Å²) in [6, 6.07) is 7.92. The third-order valence-electron chi connectivity index (χ3n) is 2.55. The molecule has 0 saturated carbocycles. The van der Waals surface area contributed by atoms with Crippen molar-refractivity contribution in [2.75, 3.05) is 50.7 Å². The highest BCUT2D eigenvalue weighted by Crippen LogP contribution is 2.16. The van der Waals surface area contributed by atoms with Gasteiger partial charge in [0, 0.05) is 31.6 Å². The maximum atomic E-state index is 5.77. The van der Waals surface area contributed by atoms with Gasteiger partial charge >= 0.3 is 0 Å². The van der Waals surface area contributed by atoms with Gasteiger partial charge in [-0.25, -0.2) is 0 Å². The molecule has 2 N–H and O–H groups in total. The van der Waals surface area contributed by atoms with E-state index < -0.39 is 0 Å². The minimum Gasteiger partial charge on any atom is -0.399 e. The fourth-order valence-corrected chi connectivity index (χ4v) is 1.61. The van der Waals surface area contributed by atoms with Crippen LogP contribution < -0.4 is 10.6 Å². The van der Waals surface area contributed by atoms with E-state index in [4.69, 9.17) is 15.2 Å². The van der Waals surface area contributed by atoms with Gasteiger partial charge in [0.05, 0.1) is 19.8 Å². The summed E-state index contributed by atoms with van der Waals surface area (Å²) >= 11 is 0. The van der Waals surface area contributed by atoms with Crippen LogP contribution in [0, 0.1) is 0 Å². The Morgan fingerprint density at radius 1 is 1.24 bits per heavy atom. The quantitative estimate of drug-likeness (QED) is 0.554. The first-order valence-corrected chi connectivity index (χ1v) is 5.95. The first kappa shape index (κ1) is 13.8. The van der Waals surface area contributed by atoms with E-state index in [1.54, 1.807) is 7.11 Å². The molecule has 4 heteroatoms. The van der Waals surface area contributed by atoms with Gasteiger partial charge in [-0.1, -0.05) is 6.07 Å². The molecule has 0 bridgehead atoms. The smallest absolute Gasteiger partial charge is 0.0701 e. The summed E-state index contributed by atoms with van der Waals surface area (Å²) in [7, 11) is 1.68. The van der Waals surface area contributed by atoms with Gasteiger partial charge in [-0.15, -0.1) is 0 Å². The summed E-state index contributed by atoms with van der Waals surface area (Å²) in [5.74, 6) is 0. The largest absolute Gasteiger partial charge is 0.399 e. The van der Waals surface area contributed by atoms with Gasteiger partial charge in [0.1, 0.15) is 0 Å². The number of methoxy groups -OCH3 is 1. The molecule has 1 aromatic rings. The summed E-state index contributed by atoms with van der Waals surface area (Å²) in [5.41, 5.74) is 7.71. The van der Waals surface area contributed by atoms with Crippen molar-refractivity contribution in [2.45, 2.75) is 6.92 Å². The van der Waals surface area contributed by atoms with Gasteiger partial charge in [0.2, 0.25) is 0 Å². The number of anilines is 2. The Morgan fingerprint density at radius 2 is 2.06 bits per heavy atom. The molecule has 0 aliphatic carbocycles. The van der Waals surface area contributed by atoms with Crippen molar-refractivity contribution in [3.8, 4) is 0 Å². The van der Waals surface area contributed by atoms with Crippen molar-refractivity contribution in [3.63, 3.8) is 0 Å². The second-order valence-corrected chi connectivity index (χ2v) is 3.78. The van der Waals surface area contributed by atoms with Crippen LogP contribution in [-0.2, 0) is 9.47 Å². The molecule has 0 heterocycles. The van der Waals surface area contributed by atoms with Crippen molar-refractivity contribution in [1.82, 2.24) is 0 Å². The predicted molar refractivity (Wildman–Crippen MR) is 71.4 cm³/mol. The molecule has 0 aromatic heterocycles. The second kappa shape index (κ2) is 7.92. The van der Waals surface area contributed by atoms with Gasteiger partial charge in [0.25, 0.3) is 0 Å². The van der Waals surface area contributed by atoms with E-state index in [9.17, 15) is 0 Å². The Morgan fingerprint density at radius 3 is 2.71 bits per heavy atom. The highest BCUT2D eigenvalue weighted by molar-refractivity contribution is 5.55. The van der Waals surface area contributed by atoms with Crippen LogP contribution in [-0.4, -0.2) is 40.0 Å². The zero-order valence-corrected chi connectivity index (χ0v) is 10.7. The van der Waals surface area contributed by atoms with Crippen LogP contribution in [0.4, 0.5) is 11.4 Å². The molecule has 0 atom stereocenters. The number of nitrogens with two attached hydrogens (primary N) is 1. The molecule has 1 rings (SSSR count). The SMILES string of the molecule is CCN(CCOCCOC)c1cccc(N)c1. The molecule has 4 nitrogen and oxygen atoms in total. The van der Waals surface area contributed by atoms with E-state index >= 15 is 0 Å². The first-order valence-electron chi connectivity index (χ1n) is 5.95. The molecule has 96 valence electrons. The van der Waals surface area contributed by atoms with E-state index in [-0.39, 0.29) is 0 Å². The number of likely N-dealkylation sites (N-methyl/N-ethyl adjacent to an activating group) is 1. The molecule has 0 spiro atoms. The third kappa shape index (κ3) is 5.06.